The first-order chi connectivity index (χ1) is 8.74. The van der Waals surface area contributed by atoms with Gasteiger partial charge in [0.05, 0.1) is 11.4 Å². The van der Waals surface area contributed by atoms with Crippen LogP contribution in [0.25, 0.3) is 0 Å². The van der Waals surface area contributed by atoms with Crippen molar-refractivity contribution in [1.82, 2.24) is 9.97 Å². The van der Waals surface area contributed by atoms with Crippen LogP contribution in [0.3, 0.4) is 0 Å². The summed E-state index contributed by atoms with van der Waals surface area (Å²) in [6.07, 6.45) is 1.99. The molecule has 0 aliphatic heterocycles. The summed E-state index contributed by atoms with van der Waals surface area (Å²) in [6, 6.07) is 9.71. The van der Waals surface area contributed by atoms with Crippen molar-refractivity contribution in [2.75, 3.05) is 6.26 Å². The maximum atomic E-state index is 8.79. The summed E-state index contributed by atoms with van der Waals surface area (Å²) < 4.78 is 0. The van der Waals surface area contributed by atoms with Gasteiger partial charge in [-0.15, -0.1) is 22.0 Å². The minimum Gasteiger partial charge on any atom is -0.324 e. The minimum absolute atomic E-state index is 0.347. The van der Waals surface area contributed by atoms with Gasteiger partial charge < -0.3 is 4.98 Å². The fourth-order valence-corrected chi connectivity index (χ4v) is 1.95. The van der Waals surface area contributed by atoms with Gasteiger partial charge in [-0.05, 0) is 25.3 Å². The van der Waals surface area contributed by atoms with Gasteiger partial charge in [0.2, 0.25) is 5.95 Å². The summed E-state index contributed by atoms with van der Waals surface area (Å²) in [4.78, 5) is 7.96. The zero-order chi connectivity index (χ0) is 13.0. The van der Waals surface area contributed by atoms with Crippen molar-refractivity contribution in [3.63, 3.8) is 0 Å². The number of aromatic amines is 1. The maximum absolute atomic E-state index is 8.79. The standard InChI is InChI=1S/C12H11N5S/c1-8-10(7-13)15-12(14-8)17-16-9-5-3-4-6-11(9)18-2/h3-6H,1-2H3,(H,14,15). The van der Waals surface area contributed by atoms with Crippen molar-refractivity contribution in [2.45, 2.75) is 11.8 Å². The number of hydrogen-bond acceptors (Lipinski definition) is 5. The molecule has 0 radical (unpaired) electrons. The average molecular weight is 257 g/mol. The average Bonchev–Trinajstić information content (AvgIpc) is 2.77. The molecule has 0 saturated heterocycles. The first-order valence-corrected chi connectivity index (χ1v) is 6.48. The number of H-pyrrole nitrogens is 1. The van der Waals surface area contributed by atoms with Crippen LogP contribution in [0, 0.1) is 18.3 Å². The van der Waals surface area contributed by atoms with Crippen LogP contribution in [-0.4, -0.2) is 16.2 Å². The number of nitrogens with one attached hydrogen (secondary N) is 1. The zero-order valence-electron chi connectivity index (χ0n) is 10.0. The van der Waals surface area contributed by atoms with Crippen molar-refractivity contribution in [3.8, 4) is 6.07 Å². The van der Waals surface area contributed by atoms with E-state index in [4.69, 9.17) is 5.26 Å². The summed E-state index contributed by atoms with van der Waals surface area (Å²) >= 11 is 1.61. The number of nitrogens with zero attached hydrogens (tertiary/aromatic N) is 4. The van der Waals surface area contributed by atoms with E-state index < -0.39 is 0 Å². The van der Waals surface area contributed by atoms with Crippen LogP contribution in [0.5, 0.6) is 0 Å². The Balaban J connectivity index is 2.27. The Kier molecular flexibility index (Phi) is 3.75. The molecule has 1 heterocycles. The van der Waals surface area contributed by atoms with Crippen molar-refractivity contribution >= 4 is 23.4 Å². The molecular weight excluding hydrogens is 246 g/mol. The first-order valence-electron chi connectivity index (χ1n) is 5.26. The summed E-state index contributed by atoms with van der Waals surface area (Å²) in [6.45, 7) is 1.78. The lowest BCUT2D eigenvalue weighted by Gasteiger charge is -1.98. The molecule has 18 heavy (non-hydrogen) atoms. The number of imidazole rings is 1. The molecule has 1 N–H and O–H groups in total. The Bertz CT molecular complexity index is 624. The second-order valence-electron chi connectivity index (χ2n) is 3.52. The summed E-state index contributed by atoms with van der Waals surface area (Å²) in [5.74, 6) is 0.347. The van der Waals surface area contributed by atoms with E-state index in [2.05, 4.69) is 20.2 Å². The smallest absolute Gasteiger partial charge is 0.248 e. The third-order valence-corrected chi connectivity index (χ3v) is 3.10. The minimum atomic E-state index is 0.347. The SMILES string of the molecule is CSc1ccccc1N=Nc1nc(C#N)c(C)[nH]1. The molecule has 0 saturated carbocycles. The van der Waals surface area contributed by atoms with Gasteiger partial charge in [0.15, 0.2) is 5.69 Å². The number of thioether (sulfide) groups is 1. The molecule has 0 aliphatic rings. The molecule has 6 heteroatoms. The Labute approximate surface area is 109 Å². The van der Waals surface area contributed by atoms with Crippen LogP contribution < -0.4 is 0 Å². The molecule has 5 nitrogen and oxygen atoms in total. The van der Waals surface area contributed by atoms with Gasteiger partial charge in [0, 0.05) is 4.90 Å². The van der Waals surface area contributed by atoms with E-state index in [9.17, 15) is 0 Å². The normalized spacial score (nSPS) is 10.7. The molecule has 1 aromatic carbocycles. The third kappa shape index (κ3) is 2.57. The van der Waals surface area contributed by atoms with Gasteiger partial charge in [0.25, 0.3) is 0 Å². The largest absolute Gasteiger partial charge is 0.324 e. The van der Waals surface area contributed by atoms with E-state index in [0.29, 0.717) is 17.3 Å². The van der Waals surface area contributed by atoms with Gasteiger partial charge >= 0.3 is 0 Å². The predicted molar refractivity (Wildman–Crippen MR) is 70.4 cm³/mol. The highest BCUT2D eigenvalue weighted by atomic mass is 32.2. The lowest BCUT2D eigenvalue weighted by Crippen LogP contribution is -1.75. The molecule has 0 aliphatic carbocycles. The Morgan fingerprint density at radius 2 is 2.11 bits per heavy atom. The number of aromatic nitrogens is 2. The Morgan fingerprint density at radius 3 is 2.78 bits per heavy atom. The molecule has 2 aromatic rings. The Morgan fingerprint density at radius 1 is 1.33 bits per heavy atom. The van der Waals surface area contributed by atoms with Crippen molar-refractivity contribution in [3.05, 3.63) is 35.7 Å². The van der Waals surface area contributed by atoms with Crippen LogP contribution in [0.1, 0.15) is 11.4 Å². The van der Waals surface area contributed by atoms with Crippen molar-refractivity contribution in [1.29, 1.82) is 5.26 Å². The highest BCUT2D eigenvalue weighted by Crippen LogP contribution is 2.28. The molecule has 0 bridgehead atoms. The summed E-state index contributed by atoms with van der Waals surface area (Å²) in [5.41, 5.74) is 1.84. The molecule has 0 atom stereocenters. The van der Waals surface area contributed by atoms with Gasteiger partial charge in [-0.3, -0.25) is 0 Å². The molecule has 1 aromatic heterocycles. The van der Waals surface area contributed by atoms with E-state index in [0.717, 1.165) is 10.6 Å². The highest BCUT2D eigenvalue weighted by Gasteiger charge is 2.04. The second-order valence-corrected chi connectivity index (χ2v) is 4.37. The molecule has 0 spiro atoms. The first kappa shape index (κ1) is 12.3. The van der Waals surface area contributed by atoms with Crippen LogP contribution in [-0.2, 0) is 0 Å². The molecule has 90 valence electrons. The monoisotopic (exact) mass is 257 g/mol. The number of rotatable bonds is 3. The second kappa shape index (κ2) is 5.47. The lowest BCUT2D eigenvalue weighted by atomic mass is 10.3. The summed E-state index contributed by atoms with van der Waals surface area (Å²) in [7, 11) is 0. The fourth-order valence-electron chi connectivity index (χ4n) is 1.41. The Hall–Kier alpha value is -2.13. The molecular formula is C12H11N5S. The lowest BCUT2D eigenvalue weighted by molar-refractivity contribution is 1.10. The molecule has 0 amide bonds. The van der Waals surface area contributed by atoms with Crippen molar-refractivity contribution < 1.29 is 0 Å². The van der Waals surface area contributed by atoms with Crippen LogP contribution in [0.4, 0.5) is 11.6 Å². The number of aryl methyl sites for hydroxylation is 1. The zero-order valence-corrected chi connectivity index (χ0v) is 10.8. The van der Waals surface area contributed by atoms with Gasteiger partial charge in [-0.2, -0.15) is 10.2 Å². The van der Waals surface area contributed by atoms with E-state index in [1.807, 2.05) is 36.6 Å². The van der Waals surface area contributed by atoms with Crippen molar-refractivity contribution in [2.24, 2.45) is 10.2 Å². The number of azo groups is 1. The predicted octanol–water partition coefficient (Wildman–Crippen LogP) is 3.73. The van der Waals surface area contributed by atoms with Gasteiger partial charge in [0.1, 0.15) is 6.07 Å². The van der Waals surface area contributed by atoms with E-state index in [-0.39, 0.29) is 0 Å². The topological polar surface area (TPSA) is 77.2 Å². The number of nitriles is 1. The van der Waals surface area contributed by atoms with Crippen LogP contribution in [0.2, 0.25) is 0 Å². The van der Waals surface area contributed by atoms with E-state index in [1.54, 1.807) is 18.7 Å². The van der Waals surface area contributed by atoms with Crippen LogP contribution >= 0.6 is 11.8 Å². The van der Waals surface area contributed by atoms with E-state index in [1.165, 1.54) is 0 Å². The maximum Gasteiger partial charge on any atom is 0.248 e. The molecule has 0 fully saturated rings. The van der Waals surface area contributed by atoms with Gasteiger partial charge in [-0.25, -0.2) is 0 Å². The van der Waals surface area contributed by atoms with Gasteiger partial charge in [-0.1, -0.05) is 12.1 Å². The van der Waals surface area contributed by atoms with E-state index >= 15 is 0 Å². The fraction of sp³-hybridized carbons (Fsp3) is 0.167. The number of hydrogen-bond donors (Lipinski definition) is 1. The molecule has 0 unspecified atom stereocenters. The molecule has 2 rings (SSSR count). The summed E-state index contributed by atoms with van der Waals surface area (Å²) in [5, 5.41) is 16.9. The third-order valence-electron chi connectivity index (χ3n) is 2.32. The quantitative estimate of drug-likeness (QED) is 0.672. The van der Waals surface area contributed by atoms with Crippen LogP contribution in [0.15, 0.2) is 39.4 Å². The highest BCUT2D eigenvalue weighted by molar-refractivity contribution is 7.98. The number of benzene rings is 1.